The number of aryl methyl sites for hydroxylation is 1. The number of likely N-dealkylation sites (tertiary alicyclic amines) is 1. The molecular formula is C18H22N4O. The van der Waals surface area contributed by atoms with Crippen LogP contribution in [-0.4, -0.2) is 44.9 Å². The van der Waals surface area contributed by atoms with Crippen LogP contribution in [0.25, 0.3) is 0 Å². The van der Waals surface area contributed by atoms with Crippen LogP contribution in [0.4, 0.5) is 0 Å². The van der Waals surface area contributed by atoms with Gasteiger partial charge in [0.15, 0.2) is 0 Å². The summed E-state index contributed by atoms with van der Waals surface area (Å²) in [6.45, 7) is 4.26. The van der Waals surface area contributed by atoms with Gasteiger partial charge in [0.25, 0.3) is 0 Å². The van der Waals surface area contributed by atoms with Crippen LogP contribution in [-0.2, 0) is 24.9 Å². The highest BCUT2D eigenvalue weighted by Crippen LogP contribution is 2.31. The molecule has 1 aromatic heterocycles. The first-order chi connectivity index (χ1) is 11.2. The van der Waals surface area contributed by atoms with Gasteiger partial charge in [0.05, 0.1) is 23.6 Å². The Kier molecular flexibility index (Phi) is 3.65. The topological polar surface area (TPSA) is 41.4 Å². The van der Waals surface area contributed by atoms with Crippen LogP contribution in [0.1, 0.15) is 29.3 Å². The van der Waals surface area contributed by atoms with E-state index in [-0.39, 0.29) is 11.8 Å². The van der Waals surface area contributed by atoms with E-state index in [0.29, 0.717) is 0 Å². The summed E-state index contributed by atoms with van der Waals surface area (Å²) in [6, 6.07) is 10.4. The van der Waals surface area contributed by atoms with Gasteiger partial charge in [-0.1, -0.05) is 30.3 Å². The molecule has 0 aliphatic carbocycles. The van der Waals surface area contributed by atoms with Crippen LogP contribution in [0.5, 0.6) is 0 Å². The van der Waals surface area contributed by atoms with Crippen LogP contribution in [0, 0.1) is 0 Å². The Bertz CT molecular complexity index is 705. The highest BCUT2D eigenvalue weighted by Gasteiger charge is 2.37. The summed E-state index contributed by atoms with van der Waals surface area (Å²) in [5, 5.41) is 0. The number of nitrogens with zero attached hydrogens (tertiary/aromatic N) is 4. The normalized spacial score (nSPS) is 20.9. The molecule has 0 bridgehead atoms. The van der Waals surface area contributed by atoms with Crippen molar-refractivity contribution in [1.82, 2.24) is 19.4 Å². The number of imidazole rings is 1. The van der Waals surface area contributed by atoms with Crippen LogP contribution in [0.2, 0.25) is 0 Å². The van der Waals surface area contributed by atoms with Crippen molar-refractivity contribution in [3.63, 3.8) is 0 Å². The summed E-state index contributed by atoms with van der Waals surface area (Å²) in [6.07, 6.45) is 2.97. The van der Waals surface area contributed by atoms with E-state index in [9.17, 15) is 4.79 Å². The fourth-order valence-corrected chi connectivity index (χ4v) is 3.59. The quantitative estimate of drug-likeness (QED) is 0.867. The lowest BCUT2D eigenvalue weighted by Gasteiger charge is -2.38. The number of benzene rings is 1. The van der Waals surface area contributed by atoms with Gasteiger partial charge < -0.3 is 9.47 Å². The van der Waals surface area contributed by atoms with Crippen LogP contribution >= 0.6 is 0 Å². The number of carbonyl (C=O) groups excluding carboxylic acids is 1. The lowest BCUT2D eigenvalue weighted by molar-refractivity contribution is -0.137. The fraction of sp³-hybridized carbons (Fsp3) is 0.444. The third-order valence-corrected chi connectivity index (χ3v) is 4.92. The van der Waals surface area contributed by atoms with Gasteiger partial charge in [-0.15, -0.1) is 0 Å². The highest BCUT2D eigenvalue weighted by molar-refractivity contribution is 5.84. The van der Waals surface area contributed by atoms with Crippen molar-refractivity contribution in [1.29, 1.82) is 0 Å². The minimum absolute atomic E-state index is 0.0877. The Balaban J connectivity index is 1.59. The third-order valence-electron chi connectivity index (χ3n) is 4.92. The van der Waals surface area contributed by atoms with Gasteiger partial charge in [-0.3, -0.25) is 9.69 Å². The molecule has 4 rings (SSSR count). The summed E-state index contributed by atoms with van der Waals surface area (Å²) in [5.41, 5.74) is 3.43. The molecule has 1 amide bonds. The second-order valence-corrected chi connectivity index (χ2v) is 6.57. The molecule has 1 saturated heterocycles. The standard InChI is InChI=1S/C18H22N4O/c1-20-13-19-16-12-21(10-14-6-3-2-4-7-14)11-15(17(16)20)18(23)22-8-5-9-22/h2-4,6-7,13,15H,5,8-12H2,1H3. The summed E-state index contributed by atoms with van der Waals surface area (Å²) in [4.78, 5) is 21.7. The van der Waals surface area contributed by atoms with Crippen LogP contribution < -0.4 is 0 Å². The number of hydrogen-bond acceptors (Lipinski definition) is 3. The maximum atomic E-state index is 12.8. The van der Waals surface area contributed by atoms with Crippen molar-refractivity contribution in [2.75, 3.05) is 19.6 Å². The zero-order valence-electron chi connectivity index (χ0n) is 13.5. The van der Waals surface area contributed by atoms with Crippen molar-refractivity contribution in [2.45, 2.75) is 25.4 Å². The predicted octanol–water partition coefficient (Wildman–Crippen LogP) is 1.75. The average Bonchev–Trinajstić information content (AvgIpc) is 2.87. The summed E-state index contributed by atoms with van der Waals surface area (Å²) >= 11 is 0. The minimum Gasteiger partial charge on any atom is -0.342 e. The van der Waals surface area contributed by atoms with Gasteiger partial charge in [-0.25, -0.2) is 4.98 Å². The largest absolute Gasteiger partial charge is 0.342 e. The van der Waals surface area contributed by atoms with Crippen molar-refractivity contribution in [2.24, 2.45) is 7.05 Å². The molecule has 2 aliphatic heterocycles. The third kappa shape index (κ3) is 2.65. The van der Waals surface area contributed by atoms with Gasteiger partial charge in [0.2, 0.25) is 5.91 Å². The summed E-state index contributed by atoms with van der Waals surface area (Å²) in [5.74, 6) is 0.175. The zero-order chi connectivity index (χ0) is 15.8. The number of fused-ring (bicyclic) bond motifs is 1. The second kappa shape index (κ2) is 5.81. The molecule has 1 atom stereocenters. The van der Waals surface area contributed by atoms with Gasteiger partial charge in [0, 0.05) is 39.8 Å². The van der Waals surface area contributed by atoms with E-state index >= 15 is 0 Å². The first-order valence-corrected chi connectivity index (χ1v) is 8.27. The number of aromatic nitrogens is 2. The molecule has 0 radical (unpaired) electrons. The molecule has 0 spiro atoms. The Hall–Kier alpha value is -2.14. The Morgan fingerprint density at radius 1 is 1.26 bits per heavy atom. The fourth-order valence-electron chi connectivity index (χ4n) is 3.59. The number of rotatable bonds is 3. The SMILES string of the molecule is Cn1cnc2c1C(C(=O)N1CCC1)CN(Cc1ccccc1)C2. The van der Waals surface area contributed by atoms with E-state index in [4.69, 9.17) is 0 Å². The molecule has 0 N–H and O–H groups in total. The Morgan fingerprint density at radius 3 is 2.74 bits per heavy atom. The Morgan fingerprint density at radius 2 is 2.04 bits per heavy atom. The summed E-state index contributed by atoms with van der Waals surface area (Å²) in [7, 11) is 2.00. The van der Waals surface area contributed by atoms with Crippen LogP contribution in [0.3, 0.4) is 0 Å². The van der Waals surface area contributed by atoms with Crippen molar-refractivity contribution in [3.8, 4) is 0 Å². The molecule has 1 fully saturated rings. The van der Waals surface area contributed by atoms with Gasteiger partial charge >= 0.3 is 0 Å². The zero-order valence-corrected chi connectivity index (χ0v) is 13.5. The molecule has 23 heavy (non-hydrogen) atoms. The average molecular weight is 310 g/mol. The summed E-state index contributed by atoms with van der Waals surface area (Å²) < 4.78 is 2.03. The van der Waals surface area contributed by atoms with E-state index in [1.54, 1.807) is 0 Å². The second-order valence-electron chi connectivity index (χ2n) is 6.57. The maximum Gasteiger partial charge on any atom is 0.233 e. The van der Waals surface area contributed by atoms with Gasteiger partial charge in [0.1, 0.15) is 0 Å². The van der Waals surface area contributed by atoms with Crippen molar-refractivity contribution < 1.29 is 4.79 Å². The van der Waals surface area contributed by atoms with E-state index in [0.717, 1.165) is 50.5 Å². The van der Waals surface area contributed by atoms with Crippen molar-refractivity contribution in [3.05, 3.63) is 53.6 Å². The van der Waals surface area contributed by atoms with Crippen molar-refractivity contribution >= 4 is 5.91 Å². The lowest BCUT2D eigenvalue weighted by atomic mass is 9.95. The minimum atomic E-state index is -0.0877. The molecule has 5 nitrogen and oxygen atoms in total. The van der Waals surface area contributed by atoms with E-state index in [1.165, 1.54) is 5.56 Å². The number of hydrogen-bond donors (Lipinski definition) is 0. The molecule has 5 heteroatoms. The van der Waals surface area contributed by atoms with E-state index in [1.807, 2.05) is 28.9 Å². The molecule has 0 saturated carbocycles. The molecule has 2 aliphatic rings. The first-order valence-electron chi connectivity index (χ1n) is 8.27. The monoisotopic (exact) mass is 310 g/mol. The predicted molar refractivity (Wildman–Crippen MR) is 87.7 cm³/mol. The van der Waals surface area contributed by atoms with E-state index in [2.05, 4.69) is 34.1 Å². The van der Waals surface area contributed by atoms with Gasteiger partial charge in [-0.05, 0) is 12.0 Å². The maximum absolute atomic E-state index is 12.8. The molecular weight excluding hydrogens is 288 g/mol. The highest BCUT2D eigenvalue weighted by atomic mass is 16.2. The number of amides is 1. The first kappa shape index (κ1) is 14.5. The lowest BCUT2D eigenvalue weighted by Crippen LogP contribution is -2.48. The van der Waals surface area contributed by atoms with Gasteiger partial charge in [-0.2, -0.15) is 0 Å². The molecule has 1 aromatic carbocycles. The smallest absolute Gasteiger partial charge is 0.233 e. The number of carbonyl (C=O) groups is 1. The van der Waals surface area contributed by atoms with Crippen LogP contribution in [0.15, 0.2) is 36.7 Å². The molecule has 1 unspecified atom stereocenters. The molecule has 120 valence electrons. The molecule has 2 aromatic rings. The van der Waals surface area contributed by atoms with E-state index < -0.39 is 0 Å². The Labute approximate surface area is 136 Å². The molecule has 3 heterocycles.